The van der Waals surface area contributed by atoms with Crippen molar-refractivity contribution < 1.29 is 28.8 Å². The quantitative estimate of drug-likeness (QED) is 0.444. The number of hydrogen-bond donors (Lipinski definition) is 1. The summed E-state index contributed by atoms with van der Waals surface area (Å²) in [6.07, 6.45) is 3.18. The van der Waals surface area contributed by atoms with Crippen LogP contribution in [-0.2, 0) is 25.7 Å². The lowest BCUT2D eigenvalue weighted by Crippen LogP contribution is -2.02. The number of aromatic carboxylic acids is 1. The number of aryl methyl sites for hydroxylation is 4. The molecule has 0 aliphatic heterocycles. The van der Waals surface area contributed by atoms with Gasteiger partial charge in [-0.2, -0.15) is 0 Å². The summed E-state index contributed by atoms with van der Waals surface area (Å²) in [5, 5.41) is 9.06. The molecule has 33 heavy (non-hydrogen) atoms. The Morgan fingerprint density at radius 2 is 1.18 bits per heavy atom. The molecule has 0 heterocycles. The number of methoxy groups -OCH3 is 4. The molecule has 174 valence electrons. The minimum absolute atomic E-state index is 0.296. The summed E-state index contributed by atoms with van der Waals surface area (Å²) >= 11 is 0. The van der Waals surface area contributed by atoms with Crippen LogP contribution in [0.2, 0.25) is 0 Å². The molecule has 0 aliphatic rings. The monoisotopic (exact) mass is 450 g/mol. The molecule has 0 bridgehead atoms. The van der Waals surface area contributed by atoms with Gasteiger partial charge in [0.2, 0.25) is 5.75 Å². The molecule has 0 unspecified atom stereocenters. The van der Waals surface area contributed by atoms with E-state index >= 15 is 0 Å². The van der Waals surface area contributed by atoms with Crippen molar-refractivity contribution in [3.8, 4) is 23.0 Å². The number of carbonyl (C=O) groups is 1. The van der Waals surface area contributed by atoms with E-state index in [2.05, 4.69) is 18.2 Å². The third-order valence-electron chi connectivity index (χ3n) is 5.67. The fourth-order valence-corrected chi connectivity index (χ4v) is 3.95. The van der Waals surface area contributed by atoms with Gasteiger partial charge in [0.1, 0.15) is 5.75 Å². The largest absolute Gasteiger partial charge is 0.496 e. The third-order valence-corrected chi connectivity index (χ3v) is 5.67. The average Bonchev–Trinajstić information content (AvgIpc) is 2.85. The number of carboxylic acids is 1. The highest BCUT2D eigenvalue weighted by atomic mass is 16.5. The predicted octanol–water partition coefficient (Wildman–Crippen LogP) is 4.99. The van der Waals surface area contributed by atoms with Crippen molar-refractivity contribution in [2.45, 2.75) is 25.7 Å². The van der Waals surface area contributed by atoms with Gasteiger partial charge in [-0.15, -0.1) is 0 Å². The van der Waals surface area contributed by atoms with Crippen LogP contribution >= 0.6 is 0 Å². The summed E-state index contributed by atoms with van der Waals surface area (Å²) in [5.41, 5.74) is 4.72. The van der Waals surface area contributed by atoms with Crippen LogP contribution in [0.4, 0.5) is 0 Å². The fraction of sp³-hybridized carbons (Fsp3) is 0.296. The molecule has 0 spiro atoms. The van der Waals surface area contributed by atoms with Crippen LogP contribution in [0, 0.1) is 0 Å². The van der Waals surface area contributed by atoms with E-state index < -0.39 is 5.97 Å². The molecule has 0 saturated carbocycles. The van der Waals surface area contributed by atoms with Gasteiger partial charge in [-0.25, -0.2) is 4.79 Å². The summed E-state index contributed by atoms with van der Waals surface area (Å²) < 4.78 is 22.1. The van der Waals surface area contributed by atoms with Crippen LogP contribution < -0.4 is 18.9 Å². The van der Waals surface area contributed by atoms with E-state index in [0.29, 0.717) is 22.8 Å². The zero-order valence-corrected chi connectivity index (χ0v) is 19.5. The van der Waals surface area contributed by atoms with Crippen LogP contribution in [0.15, 0.2) is 54.6 Å². The maximum atomic E-state index is 11.0. The van der Waals surface area contributed by atoms with E-state index in [9.17, 15) is 4.79 Å². The number of carboxylic acid groups (broad SMARTS) is 1. The van der Waals surface area contributed by atoms with Crippen molar-refractivity contribution in [1.82, 2.24) is 0 Å². The van der Waals surface area contributed by atoms with Gasteiger partial charge in [-0.3, -0.25) is 0 Å². The molecule has 0 saturated heterocycles. The molecule has 1 N–H and O–H groups in total. The lowest BCUT2D eigenvalue weighted by molar-refractivity contribution is 0.0697. The lowest BCUT2D eigenvalue weighted by Gasteiger charge is -2.16. The Balaban J connectivity index is 1.74. The maximum Gasteiger partial charge on any atom is 0.335 e. The standard InChI is InChI=1S/C27H30O6/c1-30-23-16-19(17-24(31-2)26(23)33-4)11-13-21-7-5-6-20(25(21)32-3)12-8-18-9-14-22(15-10-18)27(28)29/h5-7,9-10,14-17H,8,11-13H2,1-4H3,(H,28,29). The molecule has 0 aromatic heterocycles. The normalized spacial score (nSPS) is 10.5. The van der Waals surface area contributed by atoms with E-state index in [-0.39, 0.29) is 0 Å². The zero-order valence-electron chi connectivity index (χ0n) is 19.5. The smallest absolute Gasteiger partial charge is 0.335 e. The summed E-state index contributed by atoms with van der Waals surface area (Å²) in [7, 11) is 6.52. The summed E-state index contributed by atoms with van der Waals surface area (Å²) in [6, 6.07) is 17.2. The number of benzene rings is 3. The average molecular weight is 451 g/mol. The first-order valence-corrected chi connectivity index (χ1v) is 10.8. The Kier molecular flexibility index (Phi) is 8.19. The van der Waals surface area contributed by atoms with Crippen molar-refractivity contribution in [2.75, 3.05) is 28.4 Å². The first-order valence-electron chi connectivity index (χ1n) is 10.8. The van der Waals surface area contributed by atoms with E-state index in [0.717, 1.165) is 53.7 Å². The Hall–Kier alpha value is -3.67. The molecule has 3 rings (SSSR count). The first-order chi connectivity index (χ1) is 16.0. The Morgan fingerprint density at radius 1 is 0.667 bits per heavy atom. The molecule has 0 radical (unpaired) electrons. The number of ether oxygens (including phenoxy) is 4. The van der Waals surface area contributed by atoms with Gasteiger partial charge >= 0.3 is 5.97 Å². The van der Waals surface area contributed by atoms with E-state index in [1.54, 1.807) is 40.6 Å². The van der Waals surface area contributed by atoms with Crippen molar-refractivity contribution in [3.05, 3.63) is 82.4 Å². The molecule has 6 nitrogen and oxygen atoms in total. The zero-order chi connectivity index (χ0) is 23.8. The van der Waals surface area contributed by atoms with Crippen LogP contribution in [0.3, 0.4) is 0 Å². The molecule has 6 heteroatoms. The third kappa shape index (κ3) is 5.77. The summed E-state index contributed by atoms with van der Waals surface area (Å²) in [5.74, 6) is 1.85. The molecule has 3 aromatic rings. The summed E-state index contributed by atoms with van der Waals surface area (Å²) in [6.45, 7) is 0. The van der Waals surface area contributed by atoms with Gasteiger partial charge < -0.3 is 24.1 Å². The van der Waals surface area contributed by atoms with Gasteiger partial charge in [0.25, 0.3) is 0 Å². The van der Waals surface area contributed by atoms with Crippen LogP contribution in [0.25, 0.3) is 0 Å². The SMILES string of the molecule is COc1cc(CCc2cccc(CCc3ccc(C(=O)O)cc3)c2OC)cc(OC)c1OC. The van der Waals surface area contributed by atoms with Crippen LogP contribution in [0.5, 0.6) is 23.0 Å². The molecular weight excluding hydrogens is 420 g/mol. The number of rotatable bonds is 11. The van der Waals surface area contributed by atoms with Crippen molar-refractivity contribution >= 4 is 5.97 Å². The van der Waals surface area contributed by atoms with E-state index in [1.807, 2.05) is 24.3 Å². The second-order valence-corrected chi connectivity index (χ2v) is 7.65. The Morgan fingerprint density at radius 3 is 1.64 bits per heavy atom. The van der Waals surface area contributed by atoms with Crippen molar-refractivity contribution in [3.63, 3.8) is 0 Å². The molecule has 0 fully saturated rings. The van der Waals surface area contributed by atoms with E-state index in [4.69, 9.17) is 24.1 Å². The minimum Gasteiger partial charge on any atom is -0.496 e. The highest BCUT2D eigenvalue weighted by Gasteiger charge is 2.15. The van der Waals surface area contributed by atoms with Gasteiger partial charge in [0.05, 0.1) is 34.0 Å². The maximum absolute atomic E-state index is 11.0. The first kappa shape index (κ1) is 24.0. The molecular formula is C27H30O6. The van der Waals surface area contributed by atoms with Gasteiger partial charge in [0, 0.05) is 0 Å². The van der Waals surface area contributed by atoms with Gasteiger partial charge in [-0.1, -0.05) is 30.3 Å². The number of hydrogen-bond acceptors (Lipinski definition) is 5. The van der Waals surface area contributed by atoms with Crippen LogP contribution in [0.1, 0.15) is 32.6 Å². The van der Waals surface area contributed by atoms with Gasteiger partial charge in [-0.05, 0) is 72.2 Å². The fourth-order valence-electron chi connectivity index (χ4n) is 3.95. The molecule has 0 amide bonds. The Bertz CT molecular complexity index is 1060. The lowest BCUT2D eigenvalue weighted by atomic mass is 9.97. The molecule has 3 aromatic carbocycles. The van der Waals surface area contributed by atoms with Gasteiger partial charge in [0.15, 0.2) is 11.5 Å². The topological polar surface area (TPSA) is 74.2 Å². The second-order valence-electron chi connectivity index (χ2n) is 7.65. The second kappa shape index (κ2) is 11.3. The number of para-hydroxylation sites is 1. The highest BCUT2D eigenvalue weighted by Crippen LogP contribution is 2.38. The van der Waals surface area contributed by atoms with Crippen molar-refractivity contribution in [1.29, 1.82) is 0 Å². The Labute approximate surface area is 194 Å². The predicted molar refractivity (Wildman–Crippen MR) is 127 cm³/mol. The highest BCUT2D eigenvalue weighted by molar-refractivity contribution is 5.87. The van der Waals surface area contributed by atoms with E-state index in [1.165, 1.54) is 0 Å². The molecule has 0 atom stereocenters. The summed E-state index contributed by atoms with van der Waals surface area (Å²) in [4.78, 5) is 11.0. The minimum atomic E-state index is -0.914. The van der Waals surface area contributed by atoms with Crippen LogP contribution in [-0.4, -0.2) is 39.5 Å². The van der Waals surface area contributed by atoms with Crippen molar-refractivity contribution in [2.24, 2.45) is 0 Å². The molecule has 0 aliphatic carbocycles.